The molecule has 0 saturated carbocycles. The highest BCUT2D eigenvalue weighted by molar-refractivity contribution is 9.10. The molecule has 0 spiro atoms. The third-order valence-electron chi connectivity index (χ3n) is 3.75. The van der Waals surface area contributed by atoms with E-state index in [1.54, 1.807) is 0 Å². The van der Waals surface area contributed by atoms with Crippen molar-refractivity contribution in [1.29, 1.82) is 0 Å². The van der Waals surface area contributed by atoms with Gasteiger partial charge in [-0.2, -0.15) is 0 Å². The van der Waals surface area contributed by atoms with Gasteiger partial charge in [0, 0.05) is 29.3 Å². The molecule has 1 atom stereocenters. The quantitative estimate of drug-likeness (QED) is 0.855. The molecule has 2 rings (SSSR count). The van der Waals surface area contributed by atoms with Crippen molar-refractivity contribution < 1.29 is 0 Å². The van der Waals surface area contributed by atoms with Crippen LogP contribution in [-0.4, -0.2) is 25.7 Å². The van der Waals surface area contributed by atoms with Gasteiger partial charge < -0.3 is 10.2 Å². The van der Waals surface area contributed by atoms with E-state index in [1.165, 1.54) is 28.6 Å². The lowest BCUT2D eigenvalue weighted by atomic mass is 10.1. The van der Waals surface area contributed by atoms with Crippen LogP contribution in [0.15, 0.2) is 22.7 Å². The van der Waals surface area contributed by atoms with Crippen LogP contribution < -0.4 is 10.2 Å². The predicted octanol–water partition coefficient (Wildman–Crippen LogP) is 3.84. The molecule has 1 aliphatic rings. The van der Waals surface area contributed by atoms with Crippen LogP contribution in [0.3, 0.4) is 0 Å². The number of anilines is 1. The Kier molecular flexibility index (Phi) is 5.28. The highest BCUT2D eigenvalue weighted by atomic mass is 79.9. The predicted molar refractivity (Wildman–Crippen MR) is 87.0 cm³/mol. The molecule has 106 valence electrons. The maximum atomic E-state index is 3.63. The zero-order valence-electron chi connectivity index (χ0n) is 12.2. The lowest BCUT2D eigenvalue weighted by molar-refractivity contribution is 0.484. The van der Waals surface area contributed by atoms with Crippen LogP contribution in [0.1, 0.15) is 32.8 Å². The average Bonchev–Trinajstić information content (AvgIpc) is 2.71. The molecule has 1 unspecified atom stereocenters. The molecule has 1 aromatic rings. The molecule has 0 amide bonds. The monoisotopic (exact) mass is 324 g/mol. The molecule has 1 heterocycles. The maximum absolute atomic E-state index is 3.63. The number of rotatable bonds is 6. The van der Waals surface area contributed by atoms with Crippen LogP contribution in [0.25, 0.3) is 0 Å². The summed E-state index contributed by atoms with van der Waals surface area (Å²) >= 11 is 3.57. The number of benzene rings is 1. The van der Waals surface area contributed by atoms with Gasteiger partial charge in [-0.25, -0.2) is 0 Å². The van der Waals surface area contributed by atoms with Crippen LogP contribution in [-0.2, 0) is 6.42 Å². The van der Waals surface area contributed by atoms with Gasteiger partial charge in [0.25, 0.3) is 0 Å². The summed E-state index contributed by atoms with van der Waals surface area (Å²) in [5.41, 5.74) is 2.89. The van der Waals surface area contributed by atoms with Crippen LogP contribution in [0.4, 0.5) is 5.69 Å². The van der Waals surface area contributed by atoms with Crippen LogP contribution >= 0.6 is 15.9 Å². The summed E-state index contributed by atoms with van der Waals surface area (Å²) in [5.74, 6) is 0.781. The number of nitrogens with one attached hydrogen (secondary N) is 1. The third kappa shape index (κ3) is 4.22. The molecule has 0 saturated heterocycles. The second kappa shape index (κ2) is 6.76. The molecular formula is C16H25BrN2. The first-order chi connectivity index (χ1) is 9.06. The normalized spacial score (nSPS) is 15.9. The van der Waals surface area contributed by atoms with Crippen molar-refractivity contribution in [3.63, 3.8) is 0 Å². The number of hydrogen-bond donors (Lipinski definition) is 1. The maximum Gasteiger partial charge on any atom is 0.0411 e. The van der Waals surface area contributed by atoms with Gasteiger partial charge in [-0.3, -0.25) is 0 Å². The Bertz CT molecular complexity index is 417. The fourth-order valence-corrected chi connectivity index (χ4v) is 2.97. The second-order valence-electron chi connectivity index (χ2n) is 6.01. The van der Waals surface area contributed by atoms with E-state index >= 15 is 0 Å². The standard InChI is InChI=1S/C16H25BrN2/c1-12(2)6-8-18-13(3)11-19-9-7-14-4-5-15(17)10-16(14)19/h4-5,10,12-13,18H,6-9,11H2,1-3H3. The molecule has 0 radical (unpaired) electrons. The smallest absolute Gasteiger partial charge is 0.0411 e. The number of nitrogens with zero attached hydrogens (tertiary/aromatic N) is 1. The van der Waals surface area contributed by atoms with Crippen LogP contribution in [0.2, 0.25) is 0 Å². The minimum absolute atomic E-state index is 0.545. The molecule has 3 heteroatoms. The van der Waals surface area contributed by atoms with E-state index in [1.807, 2.05) is 0 Å². The van der Waals surface area contributed by atoms with E-state index in [4.69, 9.17) is 0 Å². The summed E-state index contributed by atoms with van der Waals surface area (Å²) in [6.07, 6.45) is 2.44. The third-order valence-corrected chi connectivity index (χ3v) is 4.24. The Morgan fingerprint density at radius 2 is 2.11 bits per heavy atom. The van der Waals surface area contributed by atoms with E-state index in [2.05, 4.69) is 65.1 Å². The van der Waals surface area contributed by atoms with Gasteiger partial charge in [-0.1, -0.05) is 35.8 Å². The summed E-state index contributed by atoms with van der Waals surface area (Å²) in [4.78, 5) is 2.51. The Hall–Kier alpha value is -0.540. The number of fused-ring (bicyclic) bond motifs is 1. The van der Waals surface area contributed by atoms with Gasteiger partial charge in [0.2, 0.25) is 0 Å². The first-order valence-corrected chi connectivity index (χ1v) is 8.12. The summed E-state index contributed by atoms with van der Waals surface area (Å²) in [7, 11) is 0. The molecule has 0 fully saturated rings. The molecule has 0 aromatic heterocycles. The largest absolute Gasteiger partial charge is 0.369 e. The van der Waals surface area contributed by atoms with Crippen molar-refractivity contribution in [3.8, 4) is 0 Å². The minimum Gasteiger partial charge on any atom is -0.369 e. The minimum atomic E-state index is 0.545. The van der Waals surface area contributed by atoms with Crippen molar-refractivity contribution in [2.24, 2.45) is 5.92 Å². The van der Waals surface area contributed by atoms with E-state index in [-0.39, 0.29) is 0 Å². The first kappa shape index (κ1) is 14.9. The molecule has 19 heavy (non-hydrogen) atoms. The van der Waals surface area contributed by atoms with Gasteiger partial charge in [0.15, 0.2) is 0 Å². The Balaban J connectivity index is 1.86. The van der Waals surface area contributed by atoms with Crippen molar-refractivity contribution in [3.05, 3.63) is 28.2 Å². The van der Waals surface area contributed by atoms with E-state index in [0.29, 0.717) is 6.04 Å². The van der Waals surface area contributed by atoms with E-state index in [0.717, 1.165) is 25.6 Å². The van der Waals surface area contributed by atoms with Crippen LogP contribution in [0.5, 0.6) is 0 Å². The highest BCUT2D eigenvalue weighted by Gasteiger charge is 2.20. The molecule has 1 aliphatic heterocycles. The molecule has 0 aliphatic carbocycles. The number of halogens is 1. The molecule has 1 aromatic carbocycles. The Morgan fingerprint density at radius 1 is 1.32 bits per heavy atom. The Morgan fingerprint density at radius 3 is 2.84 bits per heavy atom. The van der Waals surface area contributed by atoms with E-state index < -0.39 is 0 Å². The van der Waals surface area contributed by atoms with Crippen molar-refractivity contribution >= 4 is 21.6 Å². The Labute approximate surface area is 125 Å². The summed E-state index contributed by atoms with van der Waals surface area (Å²) in [5, 5.41) is 3.63. The molecular weight excluding hydrogens is 300 g/mol. The van der Waals surface area contributed by atoms with Crippen molar-refractivity contribution in [2.75, 3.05) is 24.5 Å². The zero-order chi connectivity index (χ0) is 13.8. The van der Waals surface area contributed by atoms with E-state index in [9.17, 15) is 0 Å². The summed E-state index contributed by atoms with van der Waals surface area (Å²) in [6, 6.07) is 7.19. The fraction of sp³-hybridized carbons (Fsp3) is 0.625. The van der Waals surface area contributed by atoms with Gasteiger partial charge in [0.1, 0.15) is 0 Å². The second-order valence-corrected chi connectivity index (χ2v) is 6.92. The number of hydrogen-bond acceptors (Lipinski definition) is 2. The summed E-state index contributed by atoms with van der Waals surface area (Å²) in [6.45, 7) is 10.2. The SMILES string of the molecule is CC(C)CCNC(C)CN1CCc2ccc(Br)cc21. The van der Waals surface area contributed by atoms with Gasteiger partial charge in [-0.15, -0.1) is 0 Å². The van der Waals surface area contributed by atoms with Gasteiger partial charge in [0.05, 0.1) is 0 Å². The molecule has 1 N–H and O–H groups in total. The lowest BCUT2D eigenvalue weighted by Crippen LogP contribution is -2.39. The fourth-order valence-electron chi connectivity index (χ4n) is 2.62. The molecule has 2 nitrogen and oxygen atoms in total. The van der Waals surface area contributed by atoms with Gasteiger partial charge in [-0.05, 0) is 49.9 Å². The lowest BCUT2D eigenvalue weighted by Gasteiger charge is -2.25. The molecule has 0 bridgehead atoms. The summed E-state index contributed by atoms with van der Waals surface area (Å²) < 4.78 is 1.18. The zero-order valence-corrected chi connectivity index (χ0v) is 13.8. The highest BCUT2D eigenvalue weighted by Crippen LogP contribution is 2.30. The van der Waals surface area contributed by atoms with Crippen LogP contribution in [0, 0.1) is 5.92 Å². The van der Waals surface area contributed by atoms with Crippen molar-refractivity contribution in [2.45, 2.75) is 39.7 Å². The first-order valence-electron chi connectivity index (χ1n) is 7.33. The van der Waals surface area contributed by atoms with Gasteiger partial charge >= 0.3 is 0 Å². The average molecular weight is 325 g/mol. The topological polar surface area (TPSA) is 15.3 Å². The van der Waals surface area contributed by atoms with Crippen molar-refractivity contribution in [1.82, 2.24) is 5.32 Å².